The van der Waals surface area contributed by atoms with Gasteiger partial charge in [-0.25, -0.2) is 4.98 Å². The summed E-state index contributed by atoms with van der Waals surface area (Å²) in [4.78, 5) is 34.4. The van der Waals surface area contributed by atoms with E-state index in [1.165, 1.54) is 12.1 Å². The number of nitrogens with zero attached hydrogens (tertiary/aromatic N) is 3. The molecule has 4 heterocycles. The molecular formula is C18H15N3O4. The van der Waals surface area contributed by atoms with Crippen molar-refractivity contribution in [3.63, 3.8) is 0 Å². The Morgan fingerprint density at radius 1 is 1.28 bits per heavy atom. The maximum absolute atomic E-state index is 12.6. The number of hydrogen-bond donors (Lipinski definition) is 0. The highest BCUT2D eigenvalue weighted by atomic mass is 16.4. The summed E-state index contributed by atoms with van der Waals surface area (Å²) in [5, 5.41) is 0. The SMILES string of the molecule is Cc1cc(=O)cc(C(=O)N2CCc3oc(-c4cccnc4)nc3C2)o1. The van der Waals surface area contributed by atoms with Crippen molar-refractivity contribution in [2.24, 2.45) is 0 Å². The van der Waals surface area contributed by atoms with E-state index in [1.807, 2.05) is 12.1 Å². The first-order chi connectivity index (χ1) is 12.1. The molecule has 126 valence electrons. The summed E-state index contributed by atoms with van der Waals surface area (Å²) in [5.41, 5.74) is 1.26. The van der Waals surface area contributed by atoms with Gasteiger partial charge >= 0.3 is 0 Å². The zero-order chi connectivity index (χ0) is 17.4. The van der Waals surface area contributed by atoms with Gasteiger partial charge in [0.2, 0.25) is 5.89 Å². The van der Waals surface area contributed by atoms with Crippen LogP contribution in [0.15, 0.2) is 50.3 Å². The average Bonchev–Trinajstić information content (AvgIpc) is 3.04. The zero-order valence-corrected chi connectivity index (χ0v) is 13.6. The normalized spacial score (nSPS) is 13.6. The molecule has 4 rings (SSSR count). The molecule has 0 saturated heterocycles. The van der Waals surface area contributed by atoms with E-state index < -0.39 is 0 Å². The Labute approximate surface area is 142 Å². The number of amides is 1. The molecule has 0 aliphatic carbocycles. The van der Waals surface area contributed by atoms with Crippen molar-refractivity contribution < 1.29 is 13.6 Å². The quantitative estimate of drug-likeness (QED) is 0.712. The fourth-order valence-electron chi connectivity index (χ4n) is 2.85. The predicted molar refractivity (Wildman–Crippen MR) is 87.9 cm³/mol. The van der Waals surface area contributed by atoms with Gasteiger partial charge in [-0.05, 0) is 19.1 Å². The molecular weight excluding hydrogens is 322 g/mol. The van der Waals surface area contributed by atoms with Crippen LogP contribution in [0.3, 0.4) is 0 Å². The van der Waals surface area contributed by atoms with Gasteiger partial charge in [-0.1, -0.05) is 0 Å². The predicted octanol–water partition coefficient (Wildman–Crippen LogP) is 2.20. The number of hydrogen-bond acceptors (Lipinski definition) is 6. The first kappa shape index (κ1) is 15.3. The minimum atomic E-state index is -0.322. The highest BCUT2D eigenvalue weighted by molar-refractivity contribution is 5.91. The molecule has 0 fully saturated rings. The Kier molecular flexibility index (Phi) is 3.68. The topological polar surface area (TPSA) is 89.4 Å². The van der Waals surface area contributed by atoms with Crippen LogP contribution in [0.4, 0.5) is 0 Å². The first-order valence-electron chi connectivity index (χ1n) is 7.90. The summed E-state index contributed by atoms with van der Waals surface area (Å²) >= 11 is 0. The number of rotatable bonds is 2. The summed E-state index contributed by atoms with van der Waals surface area (Å²) in [7, 11) is 0. The van der Waals surface area contributed by atoms with Crippen molar-refractivity contribution in [1.82, 2.24) is 14.9 Å². The molecule has 3 aromatic heterocycles. The van der Waals surface area contributed by atoms with E-state index in [0.29, 0.717) is 36.9 Å². The van der Waals surface area contributed by atoms with Crippen LogP contribution >= 0.6 is 0 Å². The summed E-state index contributed by atoms with van der Waals surface area (Å²) < 4.78 is 11.2. The van der Waals surface area contributed by atoms with E-state index in [2.05, 4.69) is 9.97 Å². The van der Waals surface area contributed by atoms with E-state index in [-0.39, 0.29) is 17.1 Å². The van der Waals surface area contributed by atoms with Crippen molar-refractivity contribution in [3.05, 3.63) is 69.9 Å². The Hall–Kier alpha value is -3.22. The third-order valence-electron chi connectivity index (χ3n) is 4.02. The van der Waals surface area contributed by atoms with Crippen molar-refractivity contribution in [2.45, 2.75) is 19.9 Å². The minimum absolute atomic E-state index is 0.0458. The molecule has 3 aromatic rings. The maximum Gasteiger partial charge on any atom is 0.290 e. The number of carbonyl (C=O) groups is 1. The van der Waals surface area contributed by atoms with Gasteiger partial charge in [0, 0.05) is 37.5 Å². The van der Waals surface area contributed by atoms with Gasteiger partial charge in [0.05, 0.1) is 12.1 Å². The van der Waals surface area contributed by atoms with Gasteiger partial charge in [-0.2, -0.15) is 0 Å². The Morgan fingerprint density at radius 2 is 2.16 bits per heavy atom. The molecule has 0 radical (unpaired) electrons. The van der Waals surface area contributed by atoms with Gasteiger partial charge in [0.25, 0.3) is 5.91 Å². The van der Waals surface area contributed by atoms with Crippen LogP contribution in [0.5, 0.6) is 0 Å². The largest absolute Gasteiger partial charge is 0.456 e. The maximum atomic E-state index is 12.6. The molecule has 1 aliphatic heterocycles. The van der Waals surface area contributed by atoms with Gasteiger partial charge in [0.15, 0.2) is 11.2 Å². The van der Waals surface area contributed by atoms with Crippen molar-refractivity contribution in [2.75, 3.05) is 6.54 Å². The van der Waals surface area contributed by atoms with Crippen LogP contribution in [-0.4, -0.2) is 27.3 Å². The van der Waals surface area contributed by atoms with Crippen LogP contribution in [0, 0.1) is 6.92 Å². The number of carbonyl (C=O) groups excluding carboxylic acids is 1. The number of oxazole rings is 1. The van der Waals surface area contributed by atoms with Gasteiger partial charge < -0.3 is 13.7 Å². The molecule has 1 aliphatic rings. The van der Waals surface area contributed by atoms with Gasteiger partial charge in [0.1, 0.15) is 17.2 Å². The molecule has 0 spiro atoms. The molecule has 7 nitrogen and oxygen atoms in total. The highest BCUT2D eigenvalue weighted by Crippen LogP contribution is 2.26. The fourth-order valence-corrected chi connectivity index (χ4v) is 2.85. The molecule has 7 heteroatoms. The van der Waals surface area contributed by atoms with Crippen molar-refractivity contribution in [1.29, 1.82) is 0 Å². The summed E-state index contributed by atoms with van der Waals surface area (Å²) in [6.07, 6.45) is 3.92. The van der Waals surface area contributed by atoms with Crippen LogP contribution in [-0.2, 0) is 13.0 Å². The monoisotopic (exact) mass is 337 g/mol. The average molecular weight is 337 g/mol. The smallest absolute Gasteiger partial charge is 0.290 e. The van der Waals surface area contributed by atoms with Gasteiger partial charge in [-0.15, -0.1) is 0 Å². The number of pyridine rings is 1. The zero-order valence-electron chi connectivity index (χ0n) is 13.6. The molecule has 1 amide bonds. The number of fused-ring (bicyclic) bond motifs is 1. The third-order valence-corrected chi connectivity index (χ3v) is 4.02. The van der Waals surface area contributed by atoms with E-state index >= 15 is 0 Å². The summed E-state index contributed by atoms with van der Waals surface area (Å²) in [5.74, 6) is 1.40. The fraction of sp³-hybridized carbons (Fsp3) is 0.222. The Bertz CT molecular complexity index is 991. The lowest BCUT2D eigenvalue weighted by atomic mass is 10.1. The summed E-state index contributed by atoms with van der Waals surface area (Å²) in [6, 6.07) is 6.25. The van der Waals surface area contributed by atoms with Crippen LogP contribution in [0.2, 0.25) is 0 Å². The first-order valence-corrected chi connectivity index (χ1v) is 7.90. The molecule has 0 unspecified atom stereocenters. The van der Waals surface area contributed by atoms with Crippen LogP contribution in [0.25, 0.3) is 11.5 Å². The lowest BCUT2D eigenvalue weighted by molar-refractivity contribution is 0.0691. The molecule has 25 heavy (non-hydrogen) atoms. The highest BCUT2D eigenvalue weighted by Gasteiger charge is 2.27. The Balaban J connectivity index is 1.59. The molecule has 0 aromatic carbocycles. The van der Waals surface area contributed by atoms with Crippen molar-refractivity contribution in [3.8, 4) is 11.5 Å². The second kappa shape index (κ2) is 6.01. The lowest BCUT2D eigenvalue weighted by Gasteiger charge is -2.24. The number of aromatic nitrogens is 2. The van der Waals surface area contributed by atoms with E-state index in [4.69, 9.17) is 8.83 Å². The second-order valence-electron chi connectivity index (χ2n) is 5.88. The summed E-state index contributed by atoms with van der Waals surface area (Å²) in [6.45, 7) is 2.44. The van der Waals surface area contributed by atoms with E-state index in [1.54, 1.807) is 24.2 Å². The third kappa shape index (κ3) is 2.96. The molecule has 0 N–H and O–H groups in total. The molecule has 0 atom stereocenters. The minimum Gasteiger partial charge on any atom is -0.456 e. The number of aryl methyl sites for hydroxylation is 1. The standard InChI is InChI=1S/C18H15N3O4/c1-11-7-13(22)8-16(24-11)18(23)21-6-4-15-14(10-21)20-17(25-15)12-3-2-5-19-9-12/h2-3,5,7-9H,4,6,10H2,1H3. The van der Waals surface area contributed by atoms with Gasteiger partial charge in [-0.3, -0.25) is 14.6 Å². The van der Waals surface area contributed by atoms with E-state index in [0.717, 1.165) is 11.3 Å². The van der Waals surface area contributed by atoms with Crippen LogP contribution < -0.4 is 5.43 Å². The molecule has 0 bridgehead atoms. The van der Waals surface area contributed by atoms with Crippen LogP contribution in [0.1, 0.15) is 27.8 Å². The van der Waals surface area contributed by atoms with E-state index in [9.17, 15) is 9.59 Å². The van der Waals surface area contributed by atoms with Crippen molar-refractivity contribution >= 4 is 5.91 Å². The Morgan fingerprint density at radius 3 is 2.92 bits per heavy atom. The lowest BCUT2D eigenvalue weighted by Crippen LogP contribution is -2.36. The molecule has 0 saturated carbocycles. The second-order valence-corrected chi connectivity index (χ2v) is 5.88.